The number of hydrogen-bond acceptors (Lipinski definition) is 3. The Bertz CT molecular complexity index is 425. The van der Waals surface area contributed by atoms with Crippen molar-refractivity contribution in [3.05, 3.63) is 30.1 Å². The minimum absolute atomic E-state index is 0.0881. The van der Waals surface area contributed by atoms with Crippen LogP contribution in [0, 0.1) is 5.82 Å². The normalized spacial score (nSPS) is 20.2. The molecule has 2 rings (SSSR count). The molecule has 1 N–H and O–H groups in total. The van der Waals surface area contributed by atoms with Crippen LogP contribution in [0.2, 0.25) is 0 Å². The van der Waals surface area contributed by atoms with Gasteiger partial charge in [-0.05, 0) is 19.1 Å². The highest BCUT2D eigenvalue weighted by Gasteiger charge is 2.35. The van der Waals surface area contributed by atoms with Crippen LogP contribution in [0.1, 0.15) is 13.3 Å². The van der Waals surface area contributed by atoms with Crippen LogP contribution >= 0.6 is 0 Å². The fourth-order valence-corrected chi connectivity index (χ4v) is 2.13. The second kappa shape index (κ2) is 4.71. The van der Waals surface area contributed by atoms with Crippen molar-refractivity contribution in [3.8, 4) is 0 Å². The summed E-state index contributed by atoms with van der Waals surface area (Å²) in [5.74, 6) is -0.452. The van der Waals surface area contributed by atoms with E-state index in [1.165, 1.54) is 11.1 Å². The van der Waals surface area contributed by atoms with Crippen molar-refractivity contribution in [2.24, 2.45) is 0 Å². The van der Waals surface area contributed by atoms with Gasteiger partial charge in [-0.3, -0.25) is 14.8 Å². The van der Waals surface area contributed by atoms with E-state index in [0.717, 1.165) is 0 Å². The zero-order chi connectivity index (χ0) is 12.4. The van der Waals surface area contributed by atoms with Crippen molar-refractivity contribution in [2.45, 2.75) is 19.4 Å². The van der Waals surface area contributed by atoms with E-state index in [1.807, 2.05) is 6.92 Å². The molecule has 17 heavy (non-hydrogen) atoms. The first-order valence-corrected chi connectivity index (χ1v) is 5.60. The van der Waals surface area contributed by atoms with Crippen molar-refractivity contribution in [1.29, 1.82) is 0 Å². The molecule has 1 unspecified atom stereocenters. The molecule has 4 nitrogen and oxygen atoms in total. The minimum atomic E-state index is -0.364. The number of hydrogen-bond donors (Lipinski definition) is 1. The van der Waals surface area contributed by atoms with Crippen LogP contribution in [0.25, 0.3) is 0 Å². The zero-order valence-corrected chi connectivity index (χ0v) is 9.64. The van der Waals surface area contributed by atoms with Crippen molar-refractivity contribution >= 4 is 11.6 Å². The maximum absolute atomic E-state index is 13.7. The number of carbonyl (C=O) groups excluding carboxylic acids is 1. The van der Waals surface area contributed by atoms with E-state index in [0.29, 0.717) is 12.1 Å². The number of anilines is 1. The van der Waals surface area contributed by atoms with Gasteiger partial charge in [-0.2, -0.15) is 0 Å². The highest BCUT2D eigenvalue weighted by atomic mass is 19.1. The summed E-state index contributed by atoms with van der Waals surface area (Å²) in [6.45, 7) is 1.92. The topological polar surface area (TPSA) is 43.8 Å². The molecule has 0 spiro atoms. The molecule has 1 fully saturated rings. The van der Waals surface area contributed by atoms with Crippen LogP contribution in [0.15, 0.2) is 24.3 Å². The van der Waals surface area contributed by atoms with Gasteiger partial charge in [0.2, 0.25) is 5.91 Å². The first-order chi connectivity index (χ1) is 8.15. The number of benzene rings is 1. The molecule has 1 aromatic rings. The largest absolute Gasteiger partial charge is 0.394 e. The molecule has 0 bridgehead atoms. The number of aliphatic hydroxyl groups excluding tert-OH is 1. The van der Waals surface area contributed by atoms with Gasteiger partial charge in [-0.25, -0.2) is 4.39 Å². The van der Waals surface area contributed by atoms with Gasteiger partial charge in [0.1, 0.15) is 5.82 Å². The van der Waals surface area contributed by atoms with Crippen LogP contribution in [0.3, 0.4) is 0 Å². The number of nitrogens with zero attached hydrogens (tertiary/aromatic N) is 2. The summed E-state index contributed by atoms with van der Waals surface area (Å²) < 4.78 is 13.7. The molecule has 1 saturated heterocycles. The summed E-state index contributed by atoms with van der Waals surface area (Å²) in [4.78, 5) is 11.7. The maximum atomic E-state index is 13.7. The highest BCUT2D eigenvalue weighted by Crippen LogP contribution is 2.29. The molecular weight excluding hydrogens is 223 g/mol. The standard InChI is InChI=1S/C12H15FN2O2/c1-9-8-12(17)14(6-7-16)15(9)11-5-3-2-4-10(11)13/h2-5,9,16H,6-8H2,1H3. The number of β-amino-alcohol motifs (C(OH)–C–C–N with tert-alkyl or cyclic N) is 1. The predicted molar refractivity (Wildman–Crippen MR) is 61.8 cm³/mol. The van der Waals surface area contributed by atoms with E-state index in [4.69, 9.17) is 5.11 Å². The van der Waals surface area contributed by atoms with Gasteiger partial charge in [0.15, 0.2) is 0 Å². The molecule has 0 radical (unpaired) electrons. The second-order valence-electron chi connectivity index (χ2n) is 4.09. The molecule has 5 heteroatoms. The molecule has 1 heterocycles. The Morgan fingerprint density at radius 1 is 1.47 bits per heavy atom. The van der Waals surface area contributed by atoms with E-state index in [9.17, 15) is 9.18 Å². The average molecular weight is 238 g/mol. The molecule has 1 aliphatic heterocycles. The van der Waals surface area contributed by atoms with Gasteiger partial charge in [-0.1, -0.05) is 12.1 Å². The zero-order valence-electron chi connectivity index (χ0n) is 9.64. The molecule has 0 aliphatic carbocycles. The molecule has 1 aromatic carbocycles. The third-order valence-electron chi connectivity index (χ3n) is 2.85. The number of rotatable bonds is 3. The number of halogens is 1. The number of para-hydroxylation sites is 1. The second-order valence-corrected chi connectivity index (χ2v) is 4.09. The van der Waals surface area contributed by atoms with Crippen LogP contribution < -0.4 is 5.01 Å². The summed E-state index contributed by atoms with van der Waals surface area (Å²) in [6, 6.07) is 6.24. The third kappa shape index (κ3) is 2.10. The Hall–Kier alpha value is -1.62. The van der Waals surface area contributed by atoms with Gasteiger partial charge in [0, 0.05) is 0 Å². The third-order valence-corrected chi connectivity index (χ3v) is 2.85. The Morgan fingerprint density at radius 3 is 2.82 bits per heavy atom. The lowest BCUT2D eigenvalue weighted by Crippen LogP contribution is -2.43. The SMILES string of the molecule is CC1CC(=O)N(CCO)N1c1ccccc1F. The van der Waals surface area contributed by atoms with E-state index in [-0.39, 0.29) is 30.9 Å². The average Bonchev–Trinajstić information content (AvgIpc) is 2.56. The lowest BCUT2D eigenvalue weighted by molar-refractivity contribution is -0.128. The van der Waals surface area contributed by atoms with Crippen LogP contribution in [-0.4, -0.2) is 35.2 Å². The van der Waals surface area contributed by atoms with Gasteiger partial charge in [-0.15, -0.1) is 0 Å². The van der Waals surface area contributed by atoms with Crippen molar-refractivity contribution in [3.63, 3.8) is 0 Å². The molecule has 1 atom stereocenters. The van der Waals surface area contributed by atoms with Gasteiger partial charge in [0.05, 0.1) is 31.3 Å². The van der Waals surface area contributed by atoms with Crippen molar-refractivity contribution in [2.75, 3.05) is 18.2 Å². The summed E-state index contributed by atoms with van der Waals surface area (Å²) in [6.07, 6.45) is 0.342. The van der Waals surface area contributed by atoms with Gasteiger partial charge < -0.3 is 5.11 Å². The lowest BCUT2D eigenvalue weighted by Gasteiger charge is -2.32. The predicted octanol–water partition coefficient (Wildman–Crippen LogP) is 1.16. The number of hydrazine groups is 1. The summed E-state index contributed by atoms with van der Waals surface area (Å²) in [7, 11) is 0. The quantitative estimate of drug-likeness (QED) is 0.859. The summed E-state index contributed by atoms with van der Waals surface area (Å²) in [5.41, 5.74) is 0.374. The van der Waals surface area contributed by atoms with E-state index < -0.39 is 0 Å². The van der Waals surface area contributed by atoms with Crippen LogP contribution in [0.4, 0.5) is 10.1 Å². The molecule has 0 saturated carbocycles. The number of carbonyl (C=O) groups is 1. The van der Waals surface area contributed by atoms with Gasteiger partial charge >= 0.3 is 0 Å². The Morgan fingerprint density at radius 2 is 2.18 bits per heavy atom. The molecule has 0 aromatic heterocycles. The summed E-state index contributed by atoms with van der Waals surface area (Å²) >= 11 is 0. The maximum Gasteiger partial charge on any atom is 0.243 e. The highest BCUT2D eigenvalue weighted by molar-refractivity contribution is 5.82. The first kappa shape index (κ1) is 11.9. The Kier molecular flexibility index (Phi) is 3.28. The Labute approximate surface area is 99.2 Å². The summed E-state index contributed by atoms with van der Waals surface area (Å²) in [5, 5.41) is 12.0. The van der Waals surface area contributed by atoms with E-state index in [2.05, 4.69) is 0 Å². The fraction of sp³-hybridized carbons (Fsp3) is 0.417. The van der Waals surface area contributed by atoms with Crippen LogP contribution in [0.5, 0.6) is 0 Å². The molecular formula is C12H15FN2O2. The molecule has 1 amide bonds. The number of aliphatic hydroxyl groups is 1. The first-order valence-electron chi connectivity index (χ1n) is 5.60. The Balaban J connectivity index is 2.35. The van der Waals surface area contributed by atoms with E-state index >= 15 is 0 Å². The minimum Gasteiger partial charge on any atom is -0.394 e. The smallest absolute Gasteiger partial charge is 0.243 e. The monoisotopic (exact) mass is 238 g/mol. The van der Waals surface area contributed by atoms with Crippen LogP contribution in [-0.2, 0) is 4.79 Å². The number of amides is 1. The fourth-order valence-electron chi connectivity index (χ4n) is 2.13. The molecule has 1 aliphatic rings. The molecule has 92 valence electrons. The van der Waals surface area contributed by atoms with Crippen molar-refractivity contribution in [1.82, 2.24) is 5.01 Å². The van der Waals surface area contributed by atoms with Crippen molar-refractivity contribution < 1.29 is 14.3 Å². The lowest BCUT2D eigenvalue weighted by atomic mass is 10.2. The van der Waals surface area contributed by atoms with E-state index in [1.54, 1.807) is 23.2 Å². The van der Waals surface area contributed by atoms with Gasteiger partial charge in [0.25, 0.3) is 0 Å².